The van der Waals surface area contributed by atoms with E-state index in [0.717, 1.165) is 25.2 Å². The number of amides is 1. The van der Waals surface area contributed by atoms with E-state index in [1.165, 1.54) is 0 Å². The molecule has 18 heavy (non-hydrogen) atoms. The average Bonchev–Trinajstić information content (AvgIpc) is 2.76. The molecule has 1 amide bonds. The topological polar surface area (TPSA) is 65.5 Å². The van der Waals surface area contributed by atoms with E-state index < -0.39 is 6.10 Å². The van der Waals surface area contributed by atoms with Gasteiger partial charge in [-0.3, -0.25) is 9.78 Å². The molecule has 1 aliphatic rings. The summed E-state index contributed by atoms with van der Waals surface area (Å²) in [7, 11) is 0. The fraction of sp³-hybridized carbons (Fsp3) is 0.538. The van der Waals surface area contributed by atoms with E-state index in [-0.39, 0.29) is 11.9 Å². The van der Waals surface area contributed by atoms with E-state index in [9.17, 15) is 9.90 Å². The molecule has 2 N–H and O–H groups in total. The Morgan fingerprint density at radius 2 is 2.39 bits per heavy atom. The summed E-state index contributed by atoms with van der Waals surface area (Å²) in [5.74, 6) is 0.0180. The Labute approximate surface area is 107 Å². The van der Waals surface area contributed by atoms with Gasteiger partial charge in [-0.15, -0.1) is 0 Å². The maximum Gasteiger partial charge on any atom is 0.217 e. The van der Waals surface area contributed by atoms with Crippen molar-refractivity contribution in [2.45, 2.75) is 32.4 Å². The predicted molar refractivity (Wildman–Crippen MR) is 69.3 cm³/mol. The molecule has 0 saturated carbocycles. The second-order valence-electron chi connectivity index (χ2n) is 4.75. The first-order valence-electron chi connectivity index (χ1n) is 6.22. The van der Waals surface area contributed by atoms with Gasteiger partial charge < -0.3 is 15.3 Å². The smallest absolute Gasteiger partial charge is 0.217 e. The molecule has 0 aromatic carbocycles. The number of nitrogens with zero attached hydrogens (tertiary/aromatic N) is 2. The minimum atomic E-state index is -0.537. The van der Waals surface area contributed by atoms with Gasteiger partial charge in [0.25, 0.3) is 0 Å². The van der Waals surface area contributed by atoms with Crippen LogP contribution in [0.1, 0.15) is 32.1 Å². The van der Waals surface area contributed by atoms with Gasteiger partial charge in [-0.2, -0.15) is 0 Å². The number of aliphatic hydroxyl groups excluding tert-OH is 1. The molecular weight excluding hydrogens is 230 g/mol. The van der Waals surface area contributed by atoms with Crippen LogP contribution in [0.25, 0.3) is 0 Å². The van der Waals surface area contributed by atoms with Crippen LogP contribution in [-0.4, -0.2) is 35.1 Å². The predicted octanol–water partition coefficient (Wildman–Crippen LogP) is 0.850. The molecule has 0 radical (unpaired) electrons. The highest BCUT2D eigenvalue weighted by molar-refractivity contribution is 5.73. The number of aliphatic hydroxyl groups is 1. The summed E-state index contributed by atoms with van der Waals surface area (Å²) in [6.45, 7) is 4.97. The lowest BCUT2D eigenvalue weighted by molar-refractivity contribution is -0.119. The SMILES string of the molecule is CC(=O)NC1CCN(c2ccc([C@H](C)O)nc2)C1. The Balaban J connectivity index is 1.98. The first-order valence-corrected chi connectivity index (χ1v) is 6.22. The molecular formula is C13H19N3O2. The molecule has 1 fully saturated rings. The van der Waals surface area contributed by atoms with Crippen molar-refractivity contribution in [1.29, 1.82) is 0 Å². The molecule has 5 heteroatoms. The number of anilines is 1. The lowest BCUT2D eigenvalue weighted by Crippen LogP contribution is -2.35. The summed E-state index contributed by atoms with van der Waals surface area (Å²) in [5.41, 5.74) is 1.71. The Bertz CT molecular complexity index is 417. The number of carbonyl (C=O) groups is 1. The van der Waals surface area contributed by atoms with Gasteiger partial charge in [-0.05, 0) is 25.5 Å². The van der Waals surface area contributed by atoms with Crippen molar-refractivity contribution in [3.8, 4) is 0 Å². The van der Waals surface area contributed by atoms with Crippen LogP contribution in [0.2, 0.25) is 0 Å². The van der Waals surface area contributed by atoms with Crippen LogP contribution >= 0.6 is 0 Å². The van der Waals surface area contributed by atoms with Crippen LogP contribution in [0.15, 0.2) is 18.3 Å². The molecule has 2 rings (SSSR count). The minimum absolute atomic E-state index is 0.0180. The van der Waals surface area contributed by atoms with Crippen molar-refractivity contribution in [1.82, 2.24) is 10.3 Å². The van der Waals surface area contributed by atoms with Gasteiger partial charge in [0.15, 0.2) is 0 Å². The summed E-state index contributed by atoms with van der Waals surface area (Å²) in [6.07, 6.45) is 2.19. The summed E-state index contributed by atoms with van der Waals surface area (Å²) < 4.78 is 0. The Morgan fingerprint density at radius 1 is 1.61 bits per heavy atom. The molecule has 2 atom stereocenters. The molecule has 98 valence electrons. The molecule has 1 aromatic heterocycles. The van der Waals surface area contributed by atoms with Gasteiger partial charge in [0.1, 0.15) is 0 Å². The van der Waals surface area contributed by atoms with Gasteiger partial charge in [0.2, 0.25) is 5.91 Å². The number of carbonyl (C=O) groups excluding carboxylic acids is 1. The lowest BCUT2D eigenvalue weighted by Gasteiger charge is -2.19. The van der Waals surface area contributed by atoms with E-state index in [0.29, 0.717) is 5.69 Å². The standard InChI is InChI=1S/C13H19N3O2/c1-9(17)13-4-3-12(7-14-13)16-6-5-11(8-16)15-10(2)18/h3-4,7,9,11,17H,5-6,8H2,1-2H3,(H,15,18)/t9-,11?/m0/s1. The zero-order valence-corrected chi connectivity index (χ0v) is 10.8. The number of pyridine rings is 1. The van der Waals surface area contributed by atoms with Gasteiger partial charge in [0, 0.05) is 26.1 Å². The van der Waals surface area contributed by atoms with Crippen molar-refractivity contribution in [3.63, 3.8) is 0 Å². The van der Waals surface area contributed by atoms with Crippen LogP contribution in [0, 0.1) is 0 Å². The maximum atomic E-state index is 11.0. The van der Waals surface area contributed by atoms with E-state index >= 15 is 0 Å². The Morgan fingerprint density at radius 3 is 2.94 bits per heavy atom. The highest BCUT2D eigenvalue weighted by Gasteiger charge is 2.23. The van der Waals surface area contributed by atoms with Crippen molar-refractivity contribution in [3.05, 3.63) is 24.0 Å². The summed E-state index contributed by atoms with van der Waals surface area (Å²) in [6, 6.07) is 4.02. The van der Waals surface area contributed by atoms with E-state index in [1.54, 1.807) is 20.0 Å². The van der Waals surface area contributed by atoms with E-state index in [1.807, 2.05) is 12.1 Å². The number of hydrogen-bond acceptors (Lipinski definition) is 4. The number of aromatic nitrogens is 1. The monoisotopic (exact) mass is 249 g/mol. The van der Waals surface area contributed by atoms with Gasteiger partial charge in [0.05, 0.1) is 23.7 Å². The first kappa shape index (κ1) is 12.8. The van der Waals surface area contributed by atoms with Gasteiger partial charge in [-0.1, -0.05) is 0 Å². The van der Waals surface area contributed by atoms with Gasteiger partial charge >= 0.3 is 0 Å². The molecule has 1 unspecified atom stereocenters. The third kappa shape index (κ3) is 2.98. The highest BCUT2D eigenvalue weighted by atomic mass is 16.3. The van der Waals surface area contributed by atoms with Crippen molar-refractivity contribution < 1.29 is 9.90 Å². The van der Waals surface area contributed by atoms with E-state index in [4.69, 9.17) is 0 Å². The average molecular weight is 249 g/mol. The molecule has 5 nitrogen and oxygen atoms in total. The molecule has 1 aliphatic heterocycles. The minimum Gasteiger partial charge on any atom is -0.387 e. The summed E-state index contributed by atoms with van der Waals surface area (Å²) in [5, 5.41) is 12.3. The normalized spacial score (nSPS) is 20.8. The van der Waals surface area contributed by atoms with E-state index in [2.05, 4.69) is 15.2 Å². The van der Waals surface area contributed by atoms with Crippen LogP contribution < -0.4 is 10.2 Å². The molecule has 2 heterocycles. The van der Waals surface area contributed by atoms with Crippen molar-refractivity contribution in [2.75, 3.05) is 18.0 Å². The number of rotatable bonds is 3. The van der Waals surface area contributed by atoms with Crippen LogP contribution in [0.3, 0.4) is 0 Å². The molecule has 1 saturated heterocycles. The van der Waals surface area contributed by atoms with Crippen molar-refractivity contribution >= 4 is 11.6 Å². The maximum absolute atomic E-state index is 11.0. The Hall–Kier alpha value is -1.62. The van der Waals surface area contributed by atoms with Crippen LogP contribution in [0.5, 0.6) is 0 Å². The zero-order chi connectivity index (χ0) is 13.1. The largest absolute Gasteiger partial charge is 0.387 e. The van der Waals surface area contributed by atoms with Crippen LogP contribution in [-0.2, 0) is 4.79 Å². The zero-order valence-electron chi connectivity index (χ0n) is 10.8. The highest BCUT2D eigenvalue weighted by Crippen LogP contribution is 2.21. The quantitative estimate of drug-likeness (QED) is 0.833. The molecule has 1 aromatic rings. The third-order valence-corrected chi connectivity index (χ3v) is 3.16. The fourth-order valence-electron chi connectivity index (χ4n) is 2.23. The number of hydrogen-bond donors (Lipinski definition) is 2. The first-order chi connectivity index (χ1) is 8.56. The number of nitrogens with one attached hydrogen (secondary N) is 1. The fourth-order valence-corrected chi connectivity index (χ4v) is 2.23. The molecule has 0 spiro atoms. The van der Waals surface area contributed by atoms with Crippen LogP contribution in [0.4, 0.5) is 5.69 Å². The summed E-state index contributed by atoms with van der Waals surface area (Å²) >= 11 is 0. The second-order valence-corrected chi connectivity index (χ2v) is 4.75. The lowest BCUT2D eigenvalue weighted by atomic mass is 10.2. The Kier molecular flexibility index (Phi) is 3.81. The molecule has 0 bridgehead atoms. The van der Waals surface area contributed by atoms with Gasteiger partial charge in [-0.25, -0.2) is 0 Å². The third-order valence-electron chi connectivity index (χ3n) is 3.16. The molecule has 0 aliphatic carbocycles. The van der Waals surface area contributed by atoms with Crippen molar-refractivity contribution in [2.24, 2.45) is 0 Å². The second kappa shape index (κ2) is 5.35. The summed E-state index contributed by atoms with van der Waals surface area (Å²) in [4.78, 5) is 17.4.